The van der Waals surface area contributed by atoms with Crippen LogP contribution in [-0.2, 0) is 17.8 Å². The Morgan fingerprint density at radius 3 is 2.19 bits per heavy atom. The Labute approximate surface area is 189 Å². The molecule has 3 aromatic carbocycles. The highest BCUT2D eigenvalue weighted by Crippen LogP contribution is 2.21. The zero-order chi connectivity index (χ0) is 22.5. The van der Waals surface area contributed by atoms with Gasteiger partial charge in [0.15, 0.2) is 0 Å². The molecule has 1 atom stereocenters. The van der Waals surface area contributed by atoms with E-state index in [4.69, 9.17) is 0 Å². The summed E-state index contributed by atoms with van der Waals surface area (Å²) in [4.78, 5) is 17.0. The van der Waals surface area contributed by atoms with Crippen molar-refractivity contribution < 1.29 is 9.18 Å². The number of benzene rings is 3. The summed E-state index contributed by atoms with van der Waals surface area (Å²) in [6.45, 7) is 6.29. The molecule has 4 nitrogen and oxygen atoms in total. The highest BCUT2D eigenvalue weighted by atomic mass is 19.1. The zero-order valence-corrected chi connectivity index (χ0v) is 18.7. The minimum absolute atomic E-state index is 0.0446. The predicted octanol–water partition coefficient (Wildman–Crippen LogP) is 4.49. The Bertz CT molecular complexity index is 1030. The molecule has 0 unspecified atom stereocenters. The second-order valence-corrected chi connectivity index (χ2v) is 8.59. The second-order valence-electron chi connectivity index (χ2n) is 8.59. The molecule has 1 fully saturated rings. The number of hydrogen-bond acceptors (Lipinski definition) is 3. The highest BCUT2D eigenvalue weighted by Gasteiger charge is 2.16. The zero-order valence-electron chi connectivity index (χ0n) is 18.7. The van der Waals surface area contributed by atoms with Gasteiger partial charge in [0.25, 0.3) is 0 Å². The molecule has 5 heteroatoms. The van der Waals surface area contributed by atoms with Gasteiger partial charge >= 0.3 is 0 Å². The van der Waals surface area contributed by atoms with Crippen LogP contribution in [0.2, 0.25) is 0 Å². The maximum absolute atomic E-state index is 13.1. The average Bonchev–Trinajstić information content (AvgIpc) is 2.80. The highest BCUT2D eigenvalue weighted by molar-refractivity contribution is 5.94. The number of anilines is 1. The van der Waals surface area contributed by atoms with E-state index in [1.807, 2.05) is 43.4 Å². The number of likely N-dealkylation sites (N-methyl/N-ethyl adjacent to an activating group) is 1. The molecule has 0 bridgehead atoms. The maximum atomic E-state index is 13.1. The summed E-state index contributed by atoms with van der Waals surface area (Å²) in [6, 6.07) is 23.1. The standard InChI is InChI=1S/C27H30FN3O/c1-20-18-31(16-15-29-20)19-22-5-13-26(14-6-22)30(2)27(32)17-21-3-7-23(8-4-21)24-9-11-25(28)12-10-24/h3-14,20,29H,15-19H2,1-2H3/t20-/m0/s1. The number of carbonyl (C=O) groups excluding carboxylic acids is 1. The summed E-state index contributed by atoms with van der Waals surface area (Å²) in [5, 5.41) is 3.47. The van der Waals surface area contributed by atoms with Crippen LogP contribution in [-0.4, -0.2) is 43.5 Å². The number of nitrogens with zero attached hydrogens (tertiary/aromatic N) is 2. The van der Waals surface area contributed by atoms with Crippen molar-refractivity contribution in [2.24, 2.45) is 0 Å². The summed E-state index contributed by atoms with van der Waals surface area (Å²) in [7, 11) is 1.82. The Kier molecular flexibility index (Phi) is 6.98. The Morgan fingerprint density at radius 1 is 0.969 bits per heavy atom. The van der Waals surface area contributed by atoms with E-state index in [1.54, 1.807) is 17.0 Å². The van der Waals surface area contributed by atoms with Crippen molar-refractivity contribution in [3.05, 3.63) is 89.7 Å². The van der Waals surface area contributed by atoms with Crippen molar-refractivity contribution in [2.45, 2.75) is 25.9 Å². The molecule has 1 N–H and O–H groups in total. The van der Waals surface area contributed by atoms with Crippen LogP contribution in [0.3, 0.4) is 0 Å². The van der Waals surface area contributed by atoms with Gasteiger partial charge in [0.2, 0.25) is 5.91 Å². The molecule has 0 saturated carbocycles. The van der Waals surface area contributed by atoms with E-state index in [1.165, 1.54) is 17.7 Å². The molecule has 1 heterocycles. The summed E-state index contributed by atoms with van der Waals surface area (Å²) in [5.41, 5.74) is 5.08. The lowest BCUT2D eigenvalue weighted by Crippen LogP contribution is -2.48. The van der Waals surface area contributed by atoms with E-state index >= 15 is 0 Å². The second kappa shape index (κ2) is 10.1. The van der Waals surface area contributed by atoms with E-state index < -0.39 is 0 Å². The van der Waals surface area contributed by atoms with E-state index in [9.17, 15) is 9.18 Å². The summed E-state index contributed by atoms with van der Waals surface area (Å²) in [6.07, 6.45) is 0.334. The van der Waals surface area contributed by atoms with E-state index in [-0.39, 0.29) is 11.7 Å². The Hall–Kier alpha value is -3.02. The number of amides is 1. The maximum Gasteiger partial charge on any atom is 0.231 e. The van der Waals surface area contributed by atoms with Gasteiger partial charge < -0.3 is 10.2 Å². The molecule has 32 heavy (non-hydrogen) atoms. The fourth-order valence-electron chi connectivity index (χ4n) is 4.13. The lowest BCUT2D eigenvalue weighted by Gasteiger charge is -2.31. The van der Waals surface area contributed by atoms with Crippen molar-refractivity contribution in [1.29, 1.82) is 0 Å². The van der Waals surface area contributed by atoms with Crippen molar-refractivity contribution >= 4 is 11.6 Å². The monoisotopic (exact) mass is 431 g/mol. The van der Waals surface area contributed by atoms with Gasteiger partial charge in [-0.1, -0.05) is 48.5 Å². The third-order valence-electron chi connectivity index (χ3n) is 6.04. The van der Waals surface area contributed by atoms with Crippen molar-refractivity contribution in [3.8, 4) is 11.1 Å². The molecule has 1 saturated heterocycles. The SMILES string of the molecule is C[C@H]1CN(Cc2ccc(N(C)C(=O)Cc3ccc(-c4ccc(F)cc4)cc3)cc2)CCN1. The van der Waals surface area contributed by atoms with Crippen LogP contribution in [0, 0.1) is 5.82 Å². The molecule has 0 aromatic heterocycles. The molecule has 1 aliphatic heterocycles. The van der Waals surface area contributed by atoms with Crippen molar-refractivity contribution in [1.82, 2.24) is 10.2 Å². The fraction of sp³-hybridized carbons (Fsp3) is 0.296. The van der Waals surface area contributed by atoms with Gasteiger partial charge in [0, 0.05) is 45.0 Å². The molecule has 1 amide bonds. The third kappa shape index (κ3) is 5.61. The first-order valence-corrected chi connectivity index (χ1v) is 11.1. The van der Waals surface area contributed by atoms with E-state index in [2.05, 4.69) is 29.3 Å². The molecular formula is C27H30FN3O. The number of rotatable bonds is 6. The molecule has 1 aliphatic rings. The number of nitrogens with one attached hydrogen (secondary N) is 1. The summed E-state index contributed by atoms with van der Waals surface area (Å²) >= 11 is 0. The van der Waals surface area contributed by atoms with Gasteiger partial charge in [-0.25, -0.2) is 4.39 Å². The smallest absolute Gasteiger partial charge is 0.231 e. The van der Waals surface area contributed by atoms with Gasteiger partial charge in [-0.2, -0.15) is 0 Å². The Balaban J connectivity index is 1.34. The molecule has 0 spiro atoms. The van der Waals surface area contributed by atoms with Crippen molar-refractivity contribution in [2.75, 3.05) is 31.6 Å². The van der Waals surface area contributed by atoms with E-state index in [0.29, 0.717) is 12.5 Å². The van der Waals surface area contributed by atoms with Crippen LogP contribution in [0.1, 0.15) is 18.1 Å². The van der Waals surface area contributed by atoms with Gasteiger partial charge in [-0.05, 0) is 53.4 Å². The first-order valence-electron chi connectivity index (χ1n) is 11.1. The van der Waals surface area contributed by atoms with Gasteiger partial charge in [-0.15, -0.1) is 0 Å². The lowest BCUT2D eigenvalue weighted by atomic mass is 10.0. The Morgan fingerprint density at radius 2 is 1.56 bits per heavy atom. The van der Waals surface area contributed by atoms with E-state index in [0.717, 1.165) is 48.6 Å². The average molecular weight is 432 g/mol. The van der Waals surface area contributed by atoms with Crippen LogP contribution >= 0.6 is 0 Å². The van der Waals surface area contributed by atoms with Crippen molar-refractivity contribution in [3.63, 3.8) is 0 Å². The topological polar surface area (TPSA) is 35.6 Å². The number of halogens is 1. The fourth-order valence-corrected chi connectivity index (χ4v) is 4.13. The van der Waals surface area contributed by atoms with Gasteiger partial charge in [0.1, 0.15) is 5.82 Å². The lowest BCUT2D eigenvalue weighted by molar-refractivity contribution is -0.117. The molecule has 166 valence electrons. The molecular weight excluding hydrogens is 401 g/mol. The number of hydrogen-bond donors (Lipinski definition) is 1. The van der Waals surface area contributed by atoms with Crippen LogP contribution in [0.15, 0.2) is 72.8 Å². The minimum atomic E-state index is -0.245. The molecule has 3 aromatic rings. The molecule has 0 radical (unpaired) electrons. The normalized spacial score (nSPS) is 16.7. The summed E-state index contributed by atoms with van der Waals surface area (Å²) in [5.74, 6) is -0.200. The minimum Gasteiger partial charge on any atom is -0.315 e. The predicted molar refractivity (Wildman–Crippen MR) is 128 cm³/mol. The van der Waals surface area contributed by atoms with Gasteiger partial charge in [0.05, 0.1) is 6.42 Å². The van der Waals surface area contributed by atoms with Crippen LogP contribution in [0.5, 0.6) is 0 Å². The molecule has 4 rings (SSSR count). The first-order chi connectivity index (χ1) is 15.5. The number of piperazine rings is 1. The first kappa shape index (κ1) is 22.2. The largest absolute Gasteiger partial charge is 0.315 e. The van der Waals surface area contributed by atoms with Crippen LogP contribution < -0.4 is 10.2 Å². The van der Waals surface area contributed by atoms with Crippen LogP contribution in [0.25, 0.3) is 11.1 Å². The molecule has 0 aliphatic carbocycles. The quantitative estimate of drug-likeness (QED) is 0.625. The number of carbonyl (C=O) groups is 1. The van der Waals surface area contributed by atoms with Gasteiger partial charge in [-0.3, -0.25) is 9.69 Å². The van der Waals surface area contributed by atoms with Crippen LogP contribution in [0.4, 0.5) is 10.1 Å². The summed E-state index contributed by atoms with van der Waals surface area (Å²) < 4.78 is 13.1. The third-order valence-corrected chi connectivity index (χ3v) is 6.04.